The van der Waals surface area contributed by atoms with Gasteiger partial charge in [-0.05, 0) is 43.7 Å². The van der Waals surface area contributed by atoms with E-state index >= 15 is 0 Å². The van der Waals surface area contributed by atoms with Gasteiger partial charge in [-0.1, -0.05) is 29.8 Å². The summed E-state index contributed by atoms with van der Waals surface area (Å²) < 4.78 is 0. The summed E-state index contributed by atoms with van der Waals surface area (Å²) in [7, 11) is 0. The highest BCUT2D eigenvalue weighted by atomic mass is 16.2. The van der Waals surface area contributed by atoms with Crippen LogP contribution in [0.25, 0.3) is 0 Å². The zero-order valence-corrected chi connectivity index (χ0v) is 13.7. The molecule has 4 nitrogen and oxygen atoms in total. The molecule has 0 saturated heterocycles. The zero-order valence-electron chi connectivity index (χ0n) is 13.7. The second-order valence-corrected chi connectivity index (χ2v) is 6.39. The lowest BCUT2D eigenvalue weighted by Gasteiger charge is -2.23. The quantitative estimate of drug-likeness (QED) is 0.869. The van der Waals surface area contributed by atoms with Crippen LogP contribution in [0.15, 0.2) is 35.9 Å². The summed E-state index contributed by atoms with van der Waals surface area (Å²) in [6.45, 7) is 2.18. The number of rotatable bonds is 4. The normalized spacial score (nSPS) is 20.0. The van der Waals surface area contributed by atoms with E-state index < -0.39 is 6.04 Å². The number of carbonyl (C=O) groups excluding carboxylic acids is 2. The molecule has 0 fully saturated rings. The summed E-state index contributed by atoms with van der Waals surface area (Å²) in [5.74, 6) is -0.127. The molecule has 1 unspecified atom stereocenters. The first kappa shape index (κ1) is 15.8. The van der Waals surface area contributed by atoms with Crippen LogP contribution in [0.3, 0.4) is 0 Å². The number of fused-ring (bicyclic) bond motifs is 1. The molecule has 23 heavy (non-hydrogen) atoms. The molecular weight excluding hydrogens is 288 g/mol. The summed E-state index contributed by atoms with van der Waals surface area (Å²) in [4.78, 5) is 26.2. The van der Waals surface area contributed by atoms with Crippen LogP contribution in [0.1, 0.15) is 44.6 Å². The number of carbonyl (C=O) groups is 2. The number of para-hydroxylation sites is 1. The number of hydrogen-bond acceptors (Lipinski definition) is 2. The van der Waals surface area contributed by atoms with E-state index in [1.165, 1.54) is 31.8 Å². The van der Waals surface area contributed by atoms with Crippen LogP contribution in [0.2, 0.25) is 0 Å². The van der Waals surface area contributed by atoms with Crippen molar-refractivity contribution in [2.75, 3.05) is 11.4 Å². The standard InChI is InChI=1S/C19H24N2O2/c1-14(22)21-17-10-6-5-9-16(17)13-18(21)19(23)20-12-11-15-7-3-2-4-8-15/h5-7,9-10,18H,2-4,8,11-13H2,1H3,(H,20,23). The van der Waals surface area contributed by atoms with Crippen molar-refractivity contribution in [2.24, 2.45) is 0 Å². The lowest BCUT2D eigenvalue weighted by molar-refractivity contribution is -0.125. The molecule has 0 aromatic heterocycles. The van der Waals surface area contributed by atoms with Crippen LogP contribution < -0.4 is 10.2 Å². The van der Waals surface area contributed by atoms with Crippen LogP contribution in [0.5, 0.6) is 0 Å². The molecule has 122 valence electrons. The minimum absolute atomic E-state index is 0.0483. The van der Waals surface area contributed by atoms with Gasteiger partial charge in [0.1, 0.15) is 6.04 Å². The number of hydrogen-bond donors (Lipinski definition) is 1. The largest absolute Gasteiger partial charge is 0.354 e. The molecule has 0 bridgehead atoms. The molecule has 0 spiro atoms. The topological polar surface area (TPSA) is 49.4 Å². The first-order chi connectivity index (χ1) is 11.2. The fraction of sp³-hybridized carbons (Fsp3) is 0.474. The van der Waals surface area contributed by atoms with Crippen molar-refractivity contribution in [1.82, 2.24) is 5.32 Å². The molecule has 2 aliphatic rings. The first-order valence-electron chi connectivity index (χ1n) is 8.50. The molecule has 1 aromatic rings. The van der Waals surface area contributed by atoms with Crippen LogP contribution in [-0.4, -0.2) is 24.4 Å². The van der Waals surface area contributed by atoms with E-state index in [1.807, 2.05) is 24.3 Å². The Morgan fingerprint density at radius 2 is 2.09 bits per heavy atom. The summed E-state index contributed by atoms with van der Waals surface area (Å²) in [6.07, 6.45) is 8.70. The highest BCUT2D eigenvalue weighted by Gasteiger charge is 2.36. The molecule has 0 saturated carbocycles. The number of amides is 2. The van der Waals surface area contributed by atoms with Gasteiger partial charge in [0.2, 0.25) is 11.8 Å². The zero-order chi connectivity index (χ0) is 16.2. The van der Waals surface area contributed by atoms with Gasteiger partial charge in [0.25, 0.3) is 0 Å². The van der Waals surface area contributed by atoms with Crippen molar-refractivity contribution in [3.63, 3.8) is 0 Å². The number of allylic oxidation sites excluding steroid dienone is 1. The number of anilines is 1. The van der Waals surface area contributed by atoms with Gasteiger partial charge < -0.3 is 5.32 Å². The molecule has 1 N–H and O–H groups in total. The van der Waals surface area contributed by atoms with Crippen LogP contribution in [-0.2, 0) is 16.0 Å². The second kappa shape index (κ2) is 6.99. The van der Waals surface area contributed by atoms with E-state index in [2.05, 4.69) is 11.4 Å². The predicted octanol–water partition coefficient (Wildman–Crippen LogP) is 2.97. The fourth-order valence-corrected chi connectivity index (χ4v) is 3.58. The van der Waals surface area contributed by atoms with Gasteiger partial charge in [-0.3, -0.25) is 14.5 Å². The smallest absolute Gasteiger partial charge is 0.243 e. The third-order valence-corrected chi connectivity index (χ3v) is 4.75. The molecule has 3 rings (SSSR count). The minimum atomic E-state index is -0.412. The summed E-state index contributed by atoms with van der Waals surface area (Å²) in [5.41, 5.74) is 3.39. The van der Waals surface area contributed by atoms with E-state index in [1.54, 1.807) is 4.90 Å². The van der Waals surface area contributed by atoms with Crippen molar-refractivity contribution in [3.8, 4) is 0 Å². The number of nitrogens with one attached hydrogen (secondary N) is 1. The van der Waals surface area contributed by atoms with E-state index in [0.717, 1.165) is 24.1 Å². The summed E-state index contributed by atoms with van der Waals surface area (Å²) in [6, 6.07) is 7.35. The Morgan fingerprint density at radius 1 is 1.26 bits per heavy atom. The fourth-order valence-electron chi connectivity index (χ4n) is 3.58. The Hall–Kier alpha value is -2.10. The van der Waals surface area contributed by atoms with Crippen molar-refractivity contribution in [1.29, 1.82) is 0 Å². The second-order valence-electron chi connectivity index (χ2n) is 6.39. The lowest BCUT2D eigenvalue weighted by Crippen LogP contribution is -2.47. The predicted molar refractivity (Wildman–Crippen MR) is 91.3 cm³/mol. The minimum Gasteiger partial charge on any atom is -0.354 e. The van der Waals surface area contributed by atoms with Gasteiger partial charge >= 0.3 is 0 Å². The van der Waals surface area contributed by atoms with Gasteiger partial charge in [-0.25, -0.2) is 0 Å². The molecule has 1 atom stereocenters. The summed E-state index contributed by atoms with van der Waals surface area (Å²) >= 11 is 0. The van der Waals surface area contributed by atoms with Gasteiger partial charge in [0.05, 0.1) is 0 Å². The van der Waals surface area contributed by atoms with Gasteiger partial charge in [0, 0.05) is 25.6 Å². The first-order valence-corrected chi connectivity index (χ1v) is 8.50. The van der Waals surface area contributed by atoms with Crippen molar-refractivity contribution in [3.05, 3.63) is 41.5 Å². The van der Waals surface area contributed by atoms with Crippen LogP contribution in [0.4, 0.5) is 5.69 Å². The SMILES string of the molecule is CC(=O)N1c2ccccc2CC1C(=O)NCCC1=CCCCC1. The maximum atomic E-state index is 12.5. The average molecular weight is 312 g/mol. The van der Waals surface area contributed by atoms with E-state index in [4.69, 9.17) is 0 Å². The van der Waals surface area contributed by atoms with Crippen molar-refractivity contribution >= 4 is 17.5 Å². The molecule has 2 amide bonds. The van der Waals surface area contributed by atoms with Gasteiger partial charge in [0.15, 0.2) is 0 Å². The Balaban J connectivity index is 1.61. The Bertz CT molecular complexity index is 636. The highest BCUT2D eigenvalue weighted by Crippen LogP contribution is 2.32. The molecule has 1 aliphatic heterocycles. The Labute approximate surface area is 137 Å². The maximum absolute atomic E-state index is 12.5. The average Bonchev–Trinajstić information content (AvgIpc) is 2.95. The van der Waals surface area contributed by atoms with Gasteiger partial charge in [-0.15, -0.1) is 0 Å². The van der Waals surface area contributed by atoms with Crippen LogP contribution >= 0.6 is 0 Å². The molecular formula is C19H24N2O2. The molecule has 1 aromatic carbocycles. The monoisotopic (exact) mass is 312 g/mol. The molecule has 4 heteroatoms. The van der Waals surface area contributed by atoms with Gasteiger partial charge in [-0.2, -0.15) is 0 Å². The molecule has 1 aliphatic carbocycles. The lowest BCUT2D eigenvalue weighted by atomic mass is 9.97. The third kappa shape index (κ3) is 3.46. The van der Waals surface area contributed by atoms with E-state index in [9.17, 15) is 9.59 Å². The summed E-state index contributed by atoms with van der Waals surface area (Å²) in [5, 5.41) is 3.02. The number of benzene rings is 1. The Kier molecular flexibility index (Phi) is 4.79. The highest BCUT2D eigenvalue weighted by molar-refractivity contribution is 6.02. The maximum Gasteiger partial charge on any atom is 0.243 e. The molecule has 1 heterocycles. The van der Waals surface area contributed by atoms with Crippen molar-refractivity contribution < 1.29 is 9.59 Å². The molecule has 0 radical (unpaired) electrons. The third-order valence-electron chi connectivity index (χ3n) is 4.75. The van der Waals surface area contributed by atoms with E-state index in [0.29, 0.717) is 13.0 Å². The number of nitrogens with zero attached hydrogens (tertiary/aromatic N) is 1. The van der Waals surface area contributed by atoms with Crippen molar-refractivity contribution in [2.45, 2.75) is 51.5 Å². The van der Waals surface area contributed by atoms with Crippen LogP contribution in [0, 0.1) is 0 Å². The Morgan fingerprint density at radius 3 is 2.83 bits per heavy atom. The van der Waals surface area contributed by atoms with E-state index in [-0.39, 0.29) is 11.8 Å².